The topological polar surface area (TPSA) is 91.4 Å². The van der Waals surface area contributed by atoms with Crippen LogP contribution in [0.15, 0.2) is 40.4 Å². The summed E-state index contributed by atoms with van der Waals surface area (Å²) >= 11 is 0. The number of rotatable bonds is 1. The van der Waals surface area contributed by atoms with Gasteiger partial charge in [0.05, 0.1) is 6.54 Å². The number of ether oxygens (including phenoxy) is 1. The van der Waals surface area contributed by atoms with Gasteiger partial charge in [0.15, 0.2) is 11.6 Å². The van der Waals surface area contributed by atoms with E-state index in [1.807, 2.05) is 4.90 Å². The van der Waals surface area contributed by atoms with Crippen molar-refractivity contribution < 1.29 is 14.6 Å². The maximum atomic E-state index is 11.0. The fourth-order valence-electron chi connectivity index (χ4n) is 1.99. The van der Waals surface area contributed by atoms with E-state index in [1.165, 1.54) is 12.3 Å². The van der Waals surface area contributed by atoms with Crippen LogP contribution in [0.2, 0.25) is 0 Å². The molecule has 3 aliphatic rings. The summed E-state index contributed by atoms with van der Waals surface area (Å²) in [6.07, 6.45) is 5.19. The third-order valence-electron chi connectivity index (χ3n) is 2.76. The Morgan fingerprint density at radius 1 is 1.59 bits per heavy atom. The summed E-state index contributed by atoms with van der Waals surface area (Å²) in [6.45, 7) is 0.564. The highest BCUT2D eigenvalue weighted by atomic mass is 16.5. The van der Waals surface area contributed by atoms with Crippen LogP contribution in [-0.4, -0.2) is 33.7 Å². The second-order valence-electron chi connectivity index (χ2n) is 3.73. The minimum atomic E-state index is -1.06. The standard InChI is InChI=1S/C10H10N4O3/c11-14-6(10(15)16)1-2-7-9(14)13-4-3-12-8(13)5-17-7/h1,3,5H,2,4,11H2,(H,15,16). The Balaban J connectivity index is 1.97. The molecule has 0 spiro atoms. The molecule has 3 N–H and O–H groups in total. The van der Waals surface area contributed by atoms with Gasteiger partial charge in [-0.3, -0.25) is 5.01 Å². The van der Waals surface area contributed by atoms with Gasteiger partial charge < -0.3 is 14.7 Å². The van der Waals surface area contributed by atoms with Crippen molar-refractivity contribution in [3.63, 3.8) is 0 Å². The van der Waals surface area contributed by atoms with Crippen molar-refractivity contribution in [1.82, 2.24) is 9.91 Å². The molecule has 88 valence electrons. The lowest BCUT2D eigenvalue weighted by atomic mass is 10.2. The van der Waals surface area contributed by atoms with Gasteiger partial charge in [-0.1, -0.05) is 0 Å². The maximum absolute atomic E-state index is 11.0. The lowest BCUT2D eigenvalue weighted by Crippen LogP contribution is -2.43. The zero-order valence-electron chi connectivity index (χ0n) is 8.83. The molecule has 7 nitrogen and oxygen atoms in total. The number of carbonyl (C=O) groups is 1. The number of nitrogens with zero attached hydrogens (tertiary/aromatic N) is 3. The molecule has 7 heteroatoms. The molecule has 0 radical (unpaired) electrons. The van der Waals surface area contributed by atoms with Gasteiger partial charge in [-0.05, 0) is 6.08 Å². The lowest BCUT2D eigenvalue weighted by molar-refractivity contribution is -0.134. The van der Waals surface area contributed by atoms with E-state index in [0.717, 1.165) is 5.01 Å². The van der Waals surface area contributed by atoms with Crippen molar-refractivity contribution in [2.24, 2.45) is 10.8 Å². The number of hydrogen-bond acceptors (Lipinski definition) is 6. The molecule has 0 aromatic rings. The highest BCUT2D eigenvalue weighted by Gasteiger charge is 2.34. The monoisotopic (exact) mass is 234 g/mol. The number of aliphatic carboxylic acids is 1. The first-order chi connectivity index (χ1) is 8.18. The van der Waals surface area contributed by atoms with E-state index in [2.05, 4.69) is 4.99 Å². The molecule has 0 bridgehead atoms. The van der Waals surface area contributed by atoms with Crippen LogP contribution < -0.4 is 5.84 Å². The van der Waals surface area contributed by atoms with Crippen LogP contribution in [0.1, 0.15) is 6.42 Å². The van der Waals surface area contributed by atoms with Crippen LogP contribution in [0.5, 0.6) is 0 Å². The van der Waals surface area contributed by atoms with Crippen LogP contribution >= 0.6 is 0 Å². The summed E-state index contributed by atoms with van der Waals surface area (Å²) in [5.41, 5.74) is 0.0421. The third kappa shape index (κ3) is 1.32. The average Bonchev–Trinajstić information content (AvgIpc) is 2.76. The van der Waals surface area contributed by atoms with Crippen LogP contribution in [0, 0.1) is 0 Å². The van der Waals surface area contributed by atoms with Gasteiger partial charge in [-0.25, -0.2) is 15.6 Å². The predicted molar refractivity (Wildman–Crippen MR) is 57.8 cm³/mol. The minimum absolute atomic E-state index is 0.0421. The number of fused-ring (bicyclic) bond motifs is 2. The smallest absolute Gasteiger partial charge is 0.353 e. The molecule has 0 aromatic carbocycles. The van der Waals surface area contributed by atoms with Crippen molar-refractivity contribution in [1.29, 1.82) is 0 Å². The fraction of sp³-hybridized carbons (Fsp3) is 0.200. The number of carboxylic acid groups (broad SMARTS) is 1. The van der Waals surface area contributed by atoms with Gasteiger partial charge in [-0.15, -0.1) is 0 Å². The van der Waals surface area contributed by atoms with Crippen LogP contribution in [0.25, 0.3) is 0 Å². The molecule has 0 atom stereocenters. The Morgan fingerprint density at radius 2 is 2.41 bits per heavy atom. The van der Waals surface area contributed by atoms with E-state index in [9.17, 15) is 4.79 Å². The van der Waals surface area contributed by atoms with E-state index < -0.39 is 5.97 Å². The number of aliphatic imine (C=N–C) groups is 1. The van der Waals surface area contributed by atoms with E-state index in [1.54, 1.807) is 6.21 Å². The molecule has 17 heavy (non-hydrogen) atoms. The van der Waals surface area contributed by atoms with Gasteiger partial charge >= 0.3 is 5.97 Å². The number of allylic oxidation sites excluding steroid dienone is 1. The highest BCUT2D eigenvalue weighted by molar-refractivity contribution is 5.86. The van der Waals surface area contributed by atoms with E-state index >= 15 is 0 Å². The fourth-order valence-corrected chi connectivity index (χ4v) is 1.99. The lowest BCUT2D eigenvalue weighted by Gasteiger charge is -2.35. The molecule has 0 unspecified atom stereocenters. The average molecular weight is 234 g/mol. The molecule has 3 heterocycles. The molecule has 0 saturated carbocycles. The Kier molecular flexibility index (Phi) is 1.96. The van der Waals surface area contributed by atoms with E-state index in [0.29, 0.717) is 30.4 Å². The molecular formula is C10H10N4O3. The van der Waals surface area contributed by atoms with Crippen molar-refractivity contribution in [3.8, 4) is 0 Å². The Hall–Kier alpha value is -2.28. The molecule has 3 rings (SSSR count). The summed E-state index contributed by atoms with van der Waals surface area (Å²) in [4.78, 5) is 16.9. The normalized spacial score (nSPS) is 21.7. The Labute approximate surface area is 96.7 Å². The third-order valence-corrected chi connectivity index (χ3v) is 2.76. The Morgan fingerprint density at radius 3 is 3.18 bits per heavy atom. The van der Waals surface area contributed by atoms with E-state index in [4.69, 9.17) is 15.7 Å². The summed E-state index contributed by atoms with van der Waals surface area (Å²) in [7, 11) is 0. The number of carboxylic acids is 1. The summed E-state index contributed by atoms with van der Waals surface area (Å²) in [5, 5.41) is 10.1. The molecule has 0 amide bonds. The van der Waals surface area contributed by atoms with Crippen molar-refractivity contribution >= 4 is 12.2 Å². The van der Waals surface area contributed by atoms with Crippen LogP contribution in [-0.2, 0) is 9.53 Å². The second-order valence-corrected chi connectivity index (χ2v) is 3.73. The van der Waals surface area contributed by atoms with Crippen molar-refractivity contribution in [2.45, 2.75) is 6.42 Å². The zero-order chi connectivity index (χ0) is 12.0. The first kappa shape index (κ1) is 9.91. The summed E-state index contributed by atoms with van der Waals surface area (Å²) in [6, 6.07) is 0. The van der Waals surface area contributed by atoms with Gasteiger partial charge in [0, 0.05) is 12.6 Å². The predicted octanol–water partition coefficient (Wildman–Crippen LogP) is -0.0811. The first-order valence-corrected chi connectivity index (χ1v) is 5.07. The first-order valence-electron chi connectivity index (χ1n) is 5.07. The number of hydrogen-bond donors (Lipinski definition) is 2. The number of hydrazine groups is 1. The zero-order valence-corrected chi connectivity index (χ0v) is 8.83. The van der Waals surface area contributed by atoms with Crippen LogP contribution in [0.3, 0.4) is 0 Å². The molecular weight excluding hydrogens is 224 g/mol. The molecule has 0 fully saturated rings. The summed E-state index contributed by atoms with van der Waals surface area (Å²) in [5.74, 6) is 6.56. The van der Waals surface area contributed by atoms with Gasteiger partial charge in [0.1, 0.15) is 17.7 Å². The van der Waals surface area contributed by atoms with Crippen molar-refractivity contribution in [3.05, 3.63) is 35.4 Å². The van der Waals surface area contributed by atoms with Gasteiger partial charge in [-0.2, -0.15) is 0 Å². The molecule has 0 aromatic heterocycles. The second kappa shape index (κ2) is 3.36. The minimum Gasteiger partial charge on any atom is -0.477 e. The molecule has 0 aliphatic carbocycles. The van der Waals surface area contributed by atoms with Gasteiger partial charge in [0.25, 0.3) is 0 Å². The van der Waals surface area contributed by atoms with E-state index in [-0.39, 0.29) is 5.70 Å². The quantitative estimate of drug-likeness (QED) is 0.616. The van der Waals surface area contributed by atoms with Gasteiger partial charge in [0.2, 0.25) is 0 Å². The van der Waals surface area contributed by atoms with Crippen molar-refractivity contribution in [2.75, 3.05) is 6.54 Å². The number of nitrogens with two attached hydrogens (primary N) is 1. The highest BCUT2D eigenvalue weighted by Crippen LogP contribution is 2.33. The summed E-state index contributed by atoms with van der Waals surface area (Å²) < 4.78 is 5.40. The Bertz CT molecular complexity index is 518. The maximum Gasteiger partial charge on any atom is 0.353 e. The largest absolute Gasteiger partial charge is 0.477 e. The van der Waals surface area contributed by atoms with Crippen LogP contribution in [0.4, 0.5) is 0 Å². The molecule has 0 saturated heterocycles. The molecule has 3 aliphatic heterocycles. The SMILES string of the molecule is NN1C(C(=O)O)=CCC2=C1N1CC=NC1=CO2.